The second-order valence-corrected chi connectivity index (χ2v) is 6.12. The van der Waals surface area contributed by atoms with Gasteiger partial charge in [-0.25, -0.2) is 14.4 Å². The fourth-order valence-corrected chi connectivity index (χ4v) is 2.90. The van der Waals surface area contributed by atoms with Crippen molar-refractivity contribution in [1.29, 1.82) is 0 Å². The average Bonchev–Trinajstić information content (AvgIpc) is 2.55. The van der Waals surface area contributed by atoms with Gasteiger partial charge in [-0.15, -0.1) is 0 Å². The van der Waals surface area contributed by atoms with E-state index in [4.69, 9.17) is 16.3 Å². The van der Waals surface area contributed by atoms with E-state index in [2.05, 4.69) is 31.2 Å². The standard InChI is InChI=1S/C16H12BrClFN3O/c1-8-12(4-3-11(19)15(8)18)22-16-9-5-10(17)14(23-2)6-13(9)20-7-21-16/h3-7H,1-2H3,(H,20,21,22). The number of hydrogen-bond acceptors (Lipinski definition) is 4. The number of anilines is 2. The van der Waals surface area contributed by atoms with E-state index in [9.17, 15) is 4.39 Å². The summed E-state index contributed by atoms with van der Waals surface area (Å²) in [4.78, 5) is 8.52. The second-order valence-electron chi connectivity index (χ2n) is 4.89. The number of benzene rings is 2. The van der Waals surface area contributed by atoms with Crippen molar-refractivity contribution >= 4 is 49.9 Å². The smallest absolute Gasteiger partial charge is 0.142 e. The predicted octanol–water partition coefficient (Wildman–Crippen LogP) is 5.25. The molecule has 1 aromatic heterocycles. The minimum Gasteiger partial charge on any atom is -0.495 e. The van der Waals surface area contributed by atoms with Gasteiger partial charge in [0.05, 0.1) is 22.1 Å². The Hall–Kier alpha value is -1.92. The molecule has 0 saturated carbocycles. The van der Waals surface area contributed by atoms with Gasteiger partial charge in [-0.05, 0) is 46.6 Å². The third kappa shape index (κ3) is 2.96. The Morgan fingerprint density at radius 2 is 2.04 bits per heavy atom. The SMILES string of the molecule is COc1cc2ncnc(Nc3ccc(F)c(Cl)c3C)c2cc1Br. The zero-order valence-corrected chi connectivity index (χ0v) is 14.7. The molecule has 0 bridgehead atoms. The van der Waals surface area contributed by atoms with Crippen LogP contribution < -0.4 is 10.1 Å². The Morgan fingerprint density at radius 1 is 1.26 bits per heavy atom. The summed E-state index contributed by atoms with van der Waals surface area (Å²) in [5.41, 5.74) is 2.03. The van der Waals surface area contributed by atoms with E-state index >= 15 is 0 Å². The zero-order valence-electron chi connectivity index (χ0n) is 12.3. The number of nitrogens with zero attached hydrogens (tertiary/aromatic N) is 2. The molecule has 0 saturated heterocycles. The van der Waals surface area contributed by atoms with Crippen LogP contribution in [0.4, 0.5) is 15.9 Å². The first kappa shape index (κ1) is 16.0. The van der Waals surface area contributed by atoms with Crippen LogP contribution in [0.5, 0.6) is 5.75 Å². The van der Waals surface area contributed by atoms with Crippen LogP contribution in [0.15, 0.2) is 35.1 Å². The first-order chi connectivity index (χ1) is 11.0. The highest BCUT2D eigenvalue weighted by Crippen LogP contribution is 2.34. The Kier molecular flexibility index (Phi) is 4.37. The fraction of sp³-hybridized carbons (Fsp3) is 0.125. The van der Waals surface area contributed by atoms with Gasteiger partial charge < -0.3 is 10.1 Å². The molecule has 0 aliphatic carbocycles. The predicted molar refractivity (Wildman–Crippen MR) is 93.2 cm³/mol. The van der Waals surface area contributed by atoms with Crippen LogP contribution in [-0.2, 0) is 0 Å². The number of fused-ring (bicyclic) bond motifs is 1. The fourth-order valence-electron chi connectivity index (χ4n) is 2.23. The van der Waals surface area contributed by atoms with Crippen molar-refractivity contribution in [3.63, 3.8) is 0 Å². The van der Waals surface area contributed by atoms with Crippen molar-refractivity contribution in [2.45, 2.75) is 6.92 Å². The Labute approximate surface area is 145 Å². The molecule has 0 aliphatic rings. The van der Waals surface area contributed by atoms with Crippen LogP contribution >= 0.6 is 27.5 Å². The van der Waals surface area contributed by atoms with E-state index in [0.29, 0.717) is 22.8 Å². The van der Waals surface area contributed by atoms with Gasteiger partial charge in [-0.1, -0.05) is 11.6 Å². The van der Waals surface area contributed by atoms with Gasteiger partial charge in [0, 0.05) is 17.1 Å². The summed E-state index contributed by atoms with van der Waals surface area (Å²) in [7, 11) is 1.59. The van der Waals surface area contributed by atoms with Gasteiger partial charge in [-0.3, -0.25) is 0 Å². The maximum atomic E-state index is 13.5. The van der Waals surface area contributed by atoms with Crippen LogP contribution in [0.1, 0.15) is 5.56 Å². The van der Waals surface area contributed by atoms with Gasteiger partial charge in [0.1, 0.15) is 23.7 Å². The van der Waals surface area contributed by atoms with Crippen LogP contribution in [0.25, 0.3) is 10.9 Å². The van der Waals surface area contributed by atoms with Crippen molar-refractivity contribution in [3.05, 3.63) is 51.5 Å². The van der Waals surface area contributed by atoms with E-state index in [1.165, 1.54) is 12.4 Å². The number of methoxy groups -OCH3 is 1. The van der Waals surface area contributed by atoms with Gasteiger partial charge >= 0.3 is 0 Å². The van der Waals surface area contributed by atoms with E-state index in [0.717, 1.165) is 15.4 Å². The molecule has 1 N–H and O–H groups in total. The normalized spacial score (nSPS) is 10.8. The van der Waals surface area contributed by atoms with Crippen molar-refractivity contribution in [2.75, 3.05) is 12.4 Å². The van der Waals surface area contributed by atoms with Gasteiger partial charge in [0.25, 0.3) is 0 Å². The van der Waals surface area contributed by atoms with Crippen LogP contribution in [0.2, 0.25) is 5.02 Å². The lowest BCUT2D eigenvalue weighted by molar-refractivity contribution is 0.412. The molecule has 0 atom stereocenters. The van der Waals surface area contributed by atoms with Crippen LogP contribution in [0, 0.1) is 12.7 Å². The first-order valence-electron chi connectivity index (χ1n) is 6.71. The summed E-state index contributed by atoms with van der Waals surface area (Å²) in [5, 5.41) is 4.08. The topological polar surface area (TPSA) is 47.0 Å². The molecule has 0 unspecified atom stereocenters. The third-order valence-corrected chi connectivity index (χ3v) is 4.58. The molecule has 0 aliphatic heterocycles. The molecule has 2 aromatic carbocycles. The number of hydrogen-bond donors (Lipinski definition) is 1. The molecule has 23 heavy (non-hydrogen) atoms. The Morgan fingerprint density at radius 3 is 2.78 bits per heavy atom. The number of nitrogens with one attached hydrogen (secondary N) is 1. The Bertz CT molecular complexity index is 904. The quantitative estimate of drug-likeness (QED) is 0.657. The summed E-state index contributed by atoms with van der Waals surface area (Å²) in [6, 6.07) is 6.64. The summed E-state index contributed by atoms with van der Waals surface area (Å²) in [5.74, 6) is 0.835. The maximum Gasteiger partial charge on any atom is 0.142 e. The van der Waals surface area contributed by atoms with E-state index in [1.807, 2.05) is 12.1 Å². The summed E-state index contributed by atoms with van der Waals surface area (Å²) in [6.45, 7) is 1.75. The molecule has 0 radical (unpaired) electrons. The number of halogens is 3. The zero-order chi connectivity index (χ0) is 16.6. The lowest BCUT2D eigenvalue weighted by Gasteiger charge is -2.13. The van der Waals surface area contributed by atoms with Crippen molar-refractivity contribution in [1.82, 2.24) is 9.97 Å². The molecule has 7 heteroatoms. The largest absolute Gasteiger partial charge is 0.495 e. The van der Waals surface area contributed by atoms with Gasteiger partial charge in [0.2, 0.25) is 0 Å². The Balaban J connectivity index is 2.11. The highest BCUT2D eigenvalue weighted by Gasteiger charge is 2.12. The van der Waals surface area contributed by atoms with Crippen LogP contribution in [-0.4, -0.2) is 17.1 Å². The molecule has 0 amide bonds. The molecule has 0 spiro atoms. The minimum atomic E-state index is -0.449. The van der Waals surface area contributed by atoms with Crippen molar-refractivity contribution in [3.8, 4) is 5.75 Å². The molecule has 3 rings (SSSR count). The monoisotopic (exact) mass is 395 g/mol. The first-order valence-corrected chi connectivity index (χ1v) is 7.88. The lowest BCUT2D eigenvalue weighted by atomic mass is 10.1. The highest BCUT2D eigenvalue weighted by atomic mass is 79.9. The third-order valence-electron chi connectivity index (χ3n) is 3.50. The molecule has 4 nitrogen and oxygen atoms in total. The van der Waals surface area contributed by atoms with Gasteiger partial charge in [0.15, 0.2) is 0 Å². The highest BCUT2D eigenvalue weighted by molar-refractivity contribution is 9.10. The molecule has 1 heterocycles. The summed E-state index contributed by atoms with van der Waals surface area (Å²) in [6.07, 6.45) is 1.46. The number of rotatable bonds is 3. The molecule has 0 fully saturated rings. The summed E-state index contributed by atoms with van der Waals surface area (Å²) >= 11 is 9.41. The maximum absolute atomic E-state index is 13.5. The van der Waals surface area contributed by atoms with Crippen LogP contribution in [0.3, 0.4) is 0 Å². The number of ether oxygens (including phenoxy) is 1. The second kappa shape index (κ2) is 6.29. The minimum absolute atomic E-state index is 0.0937. The van der Waals surface area contributed by atoms with E-state index in [1.54, 1.807) is 20.1 Å². The van der Waals surface area contributed by atoms with E-state index in [-0.39, 0.29) is 5.02 Å². The van der Waals surface area contributed by atoms with Crippen molar-refractivity contribution in [2.24, 2.45) is 0 Å². The number of aromatic nitrogens is 2. The molecular formula is C16H12BrClFN3O. The lowest BCUT2D eigenvalue weighted by Crippen LogP contribution is -1.99. The summed E-state index contributed by atoms with van der Waals surface area (Å²) < 4.78 is 19.5. The molecular weight excluding hydrogens is 385 g/mol. The molecule has 118 valence electrons. The van der Waals surface area contributed by atoms with Gasteiger partial charge in [-0.2, -0.15) is 0 Å². The average molecular weight is 397 g/mol. The van der Waals surface area contributed by atoms with Crippen molar-refractivity contribution < 1.29 is 9.13 Å². The molecule has 3 aromatic rings. The van der Waals surface area contributed by atoms with E-state index < -0.39 is 5.82 Å².